The first-order valence-corrected chi connectivity index (χ1v) is 10.7. The molecule has 31 heavy (non-hydrogen) atoms. The Morgan fingerprint density at radius 3 is 2.90 bits per heavy atom. The number of carbonyl (C=O) groups is 1. The summed E-state index contributed by atoms with van der Waals surface area (Å²) in [4.78, 5) is 18.1. The minimum Gasteiger partial charge on any atom is -0.503 e. The fraction of sp³-hybridized carbons (Fsp3) is 0.417. The molecule has 7 heteroatoms. The minimum absolute atomic E-state index is 0.000218. The fourth-order valence-corrected chi connectivity index (χ4v) is 6.32. The van der Waals surface area contributed by atoms with Gasteiger partial charge in [-0.1, -0.05) is 18.2 Å². The van der Waals surface area contributed by atoms with Crippen LogP contribution < -0.4 is 4.74 Å². The smallest absolute Gasteiger partial charge is 0.335 e. The van der Waals surface area contributed by atoms with Crippen molar-refractivity contribution in [2.24, 2.45) is 10.9 Å². The highest BCUT2D eigenvalue weighted by Crippen LogP contribution is 2.63. The number of likely N-dealkylation sites (tertiary alicyclic amines) is 1. The van der Waals surface area contributed by atoms with Gasteiger partial charge in [-0.05, 0) is 50.2 Å². The third-order valence-electron chi connectivity index (χ3n) is 7.74. The van der Waals surface area contributed by atoms with Gasteiger partial charge in [0.25, 0.3) is 0 Å². The van der Waals surface area contributed by atoms with Crippen molar-refractivity contribution in [2.75, 3.05) is 13.6 Å². The lowest BCUT2D eigenvalue weighted by molar-refractivity contribution is -0.132. The van der Waals surface area contributed by atoms with Crippen molar-refractivity contribution in [3.63, 3.8) is 0 Å². The number of piperidine rings is 1. The van der Waals surface area contributed by atoms with E-state index in [1.807, 2.05) is 12.1 Å². The van der Waals surface area contributed by atoms with Gasteiger partial charge in [-0.15, -0.1) is 0 Å². The average molecular weight is 420 g/mol. The summed E-state index contributed by atoms with van der Waals surface area (Å²) in [5, 5.41) is 31.0. The van der Waals surface area contributed by atoms with Gasteiger partial charge >= 0.3 is 5.97 Å². The van der Waals surface area contributed by atoms with Gasteiger partial charge in [0, 0.05) is 35.1 Å². The number of phenols is 1. The van der Waals surface area contributed by atoms with E-state index < -0.39 is 18.2 Å². The number of phenolic OH excluding ortho intramolecular Hbond substituents is 1. The molecule has 7 nitrogen and oxygen atoms in total. The molecule has 160 valence electrons. The number of aliphatic imine (C=N–C) groups is 1. The van der Waals surface area contributed by atoms with Crippen molar-refractivity contribution in [1.29, 1.82) is 0 Å². The monoisotopic (exact) mass is 420 g/mol. The van der Waals surface area contributed by atoms with Gasteiger partial charge in [0.05, 0.1) is 5.57 Å². The highest BCUT2D eigenvalue weighted by Gasteiger charge is 2.64. The standard InChI is InChI=1S/C24H24N2O5/c1-26-9-8-24-15-6-7-18(27)22(24)31-21-19(24)13(11-17(15)26)10-16(20(21)28)25-14-4-2-12(3-5-14)23(29)30/h2-4,6-7,10,15,17-18,22,27-28H,5,8-9,11H2,1H3,(H,29,30)/t15-,17+,18-,22-,24-/m0/s1. The van der Waals surface area contributed by atoms with Gasteiger partial charge in [-0.25, -0.2) is 9.79 Å². The molecule has 2 heterocycles. The van der Waals surface area contributed by atoms with Crippen molar-refractivity contribution in [2.45, 2.75) is 42.9 Å². The summed E-state index contributed by atoms with van der Waals surface area (Å²) < 4.78 is 6.29. The molecule has 5 aliphatic rings. The van der Waals surface area contributed by atoms with Crippen molar-refractivity contribution < 1.29 is 24.9 Å². The van der Waals surface area contributed by atoms with Crippen LogP contribution in [0.15, 0.2) is 47.0 Å². The molecule has 6 rings (SSSR count). The largest absolute Gasteiger partial charge is 0.503 e. The topological polar surface area (TPSA) is 103 Å². The van der Waals surface area contributed by atoms with Gasteiger partial charge in [-0.2, -0.15) is 0 Å². The third-order valence-corrected chi connectivity index (χ3v) is 7.74. The molecule has 1 saturated heterocycles. The zero-order chi connectivity index (χ0) is 21.5. The van der Waals surface area contributed by atoms with E-state index in [1.54, 1.807) is 12.2 Å². The molecule has 3 aliphatic carbocycles. The lowest BCUT2D eigenvalue weighted by Crippen LogP contribution is -2.64. The first-order valence-electron chi connectivity index (χ1n) is 10.7. The Kier molecular flexibility index (Phi) is 3.83. The normalized spacial score (nSPS) is 36.2. The molecule has 3 N–H and O–H groups in total. The Morgan fingerprint density at radius 1 is 1.32 bits per heavy atom. The molecule has 1 fully saturated rings. The van der Waals surface area contributed by atoms with Crippen LogP contribution >= 0.6 is 0 Å². The second-order valence-corrected chi connectivity index (χ2v) is 9.19. The summed E-state index contributed by atoms with van der Waals surface area (Å²) in [6.45, 7) is 0.925. The van der Waals surface area contributed by atoms with Crippen LogP contribution in [-0.4, -0.2) is 63.7 Å². The number of hydrogen-bond acceptors (Lipinski definition) is 6. The van der Waals surface area contributed by atoms with Gasteiger partial charge in [-0.3, -0.25) is 0 Å². The lowest BCUT2D eigenvalue weighted by Gasteiger charge is -2.56. The number of aliphatic hydroxyl groups excluding tert-OH is 1. The molecule has 0 amide bonds. The van der Waals surface area contributed by atoms with Crippen LogP contribution in [0, 0.1) is 5.92 Å². The van der Waals surface area contributed by atoms with Crippen molar-refractivity contribution >= 4 is 17.4 Å². The molecule has 0 aromatic heterocycles. The Hall–Kier alpha value is -2.90. The van der Waals surface area contributed by atoms with E-state index in [0.717, 1.165) is 30.5 Å². The summed E-state index contributed by atoms with van der Waals surface area (Å²) >= 11 is 0. The first-order chi connectivity index (χ1) is 14.9. The molecule has 1 aromatic carbocycles. The number of ether oxygens (including phenoxy) is 1. The van der Waals surface area contributed by atoms with E-state index in [1.165, 1.54) is 6.08 Å². The zero-order valence-corrected chi connectivity index (χ0v) is 17.2. The molecule has 0 unspecified atom stereocenters. The highest BCUT2D eigenvalue weighted by atomic mass is 16.5. The SMILES string of the molecule is CN1CC[C@]23c4c5cc(N=C6C=CC(C(=O)O)=CC6)c(O)c4O[C@H]2[C@@H](O)C=C[C@H]3[C@H]1C5. The minimum atomic E-state index is -0.965. The van der Waals surface area contributed by atoms with Crippen molar-refractivity contribution in [3.8, 4) is 11.5 Å². The molecule has 2 bridgehead atoms. The summed E-state index contributed by atoms with van der Waals surface area (Å²) in [5.74, 6) is -0.266. The maximum absolute atomic E-state index is 11.1. The van der Waals surface area contributed by atoms with E-state index in [0.29, 0.717) is 29.6 Å². The van der Waals surface area contributed by atoms with Gasteiger partial charge in [0.1, 0.15) is 17.9 Å². The van der Waals surface area contributed by atoms with Gasteiger partial charge < -0.3 is 25.0 Å². The highest BCUT2D eigenvalue weighted by molar-refractivity contribution is 6.03. The van der Waals surface area contributed by atoms with Crippen LogP contribution in [0.4, 0.5) is 5.69 Å². The van der Waals surface area contributed by atoms with Crippen LogP contribution in [0.5, 0.6) is 11.5 Å². The molecule has 1 spiro atoms. The van der Waals surface area contributed by atoms with E-state index in [2.05, 4.69) is 23.0 Å². The predicted molar refractivity (Wildman–Crippen MR) is 114 cm³/mol. The summed E-state index contributed by atoms with van der Waals surface area (Å²) in [6, 6.07) is 2.26. The number of hydrogen-bond donors (Lipinski definition) is 3. The summed E-state index contributed by atoms with van der Waals surface area (Å²) in [5.41, 5.74) is 3.19. The Bertz CT molecular complexity index is 1130. The predicted octanol–water partition coefficient (Wildman–Crippen LogP) is 2.24. The number of carboxylic acid groups (broad SMARTS) is 1. The summed E-state index contributed by atoms with van der Waals surface area (Å²) in [7, 11) is 2.15. The number of rotatable bonds is 2. The van der Waals surface area contributed by atoms with E-state index >= 15 is 0 Å². The quantitative estimate of drug-likeness (QED) is 0.634. The third kappa shape index (κ3) is 2.41. The fourth-order valence-electron chi connectivity index (χ4n) is 6.32. The van der Waals surface area contributed by atoms with E-state index in [9.17, 15) is 15.0 Å². The number of allylic oxidation sites excluding steroid dienone is 2. The van der Waals surface area contributed by atoms with Gasteiger partial charge in [0.2, 0.25) is 0 Å². The second-order valence-electron chi connectivity index (χ2n) is 9.19. The number of aliphatic carboxylic acids is 1. The molecular weight excluding hydrogens is 396 g/mol. The zero-order valence-electron chi connectivity index (χ0n) is 17.2. The average Bonchev–Trinajstić information content (AvgIpc) is 3.11. The molecule has 0 radical (unpaired) electrons. The molecule has 0 saturated carbocycles. The van der Waals surface area contributed by atoms with Crippen LogP contribution in [0.1, 0.15) is 24.0 Å². The maximum atomic E-state index is 11.1. The molecule has 2 aliphatic heterocycles. The van der Waals surface area contributed by atoms with Crippen molar-refractivity contribution in [1.82, 2.24) is 4.90 Å². The number of nitrogens with zero attached hydrogens (tertiary/aromatic N) is 2. The van der Waals surface area contributed by atoms with Crippen molar-refractivity contribution in [3.05, 3.63) is 53.1 Å². The molecule has 5 atom stereocenters. The Balaban J connectivity index is 1.48. The molecule has 1 aromatic rings. The van der Waals surface area contributed by atoms with Gasteiger partial charge in [0.15, 0.2) is 11.5 Å². The number of aromatic hydroxyl groups is 1. The summed E-state index contributed by atoms with van der Waals surface area (Å²) in [6.07, 6.45) is 9.77. The molecular formula is C24H24N2O5. The first kappa shape index (κ1) is 18.8. The van der Waals surface area contributed by atoms with E-state index in [-0.39, 0.29) is 22.7 Å². The number of aliphatic hydroxyl groups is 1. The van der Waals surface area contributed by atoms with Crippen LogP contribution in [0.3, 0.4) is 0 Å². The maximum Gasteiger partial charge on any atom is 0.335 e. The number of carboxylic acids is 1. The lowest BCUT2D eigenvalue weighted by atomic mass is 9.53. The number of likely N-dealkylation sites (N-methyl/N-ethyl adjacent to an activating group) is 1. The second kappa shape index (κ2) is 6.31. The van der Waals surface area contributed by atoms with Crippen LogP contribution in [0.25, 0.3) is 0 Å². The number of benzene rings is 1. The Labute approximate surface area is 179 Å². The van der Waals surface area contributed by atoms with Crippen LogP contribution in [-0.2, 0) is 16.6 Å². The Morgan fingerprint density at radius 2 is 2.16 bits per heavy atom. The van der Waals surface area contributed by atoms with Crippen LogP contribution in [0.2, 0.25) is 0 Å². The van der Waals surface area contributed by atoms with E-state index in [4.69, 9.17) is 9.84 Å².